The first-order chi connectivity index (χ1) is 11.7. The minimum atomic E-state index is -0.882. The van der Waals surface area contributed by atoms with E-state index < -0.39 is 23.2 Å². The van der Waals surface area contributed by atoms with Crippen molar-refractivity contribution in [1.29, 1.82) is 0 Å². The quantitative estimate of drug-likeness (QED) is 0.844. The molecule has 1 saturated carbocycles. The van der Waals surface area contributed by atoms with E-state index in [0.717, 1.165) is 5.69 Å². The maximum Gasteiger partial charge on any atom is 0.307 e. The highest BCUT2D eigenvalue weighted by atomic mass is 16.4. The second-order valence-electron chi connectivity index (χ2n) is 7.53. The smallest absolute Gasteiger partial charge is 0.307 e. The number of hydrogen-bond acceptors (Lipinski definition) is 4. The van der Waals surface area contributed by atoms with Crippen LogP contribution in [-0.2, 0) is 9.59 Å². The van der Waals surface area contributed by atoms with Gasteiger partial charge in [-0.3, -0.25) is 14.4 Å². The molecule has 0 spiro atoms. The first kappa shape index (κ1) is 17.5. The fraction of sp³-hybridized carbons (Fsp3) is 0.526. The number of ketones is 1. The van der Waals surface area contributed by atoms with Crippen LogP contribution >= 0.6 is 0 Å². The Hall–Kier alpha value is -2.37. The van der Waals surface area contributed by atoms with Crippen molar-refractivity contribution in [3.63, 3.8) is 0 Å². The van der Waals surface area contributed by atoms with Crippen LogP contribution in [0.15, 0.2) is 24.3 Å². The predicted molar refractivity (Wildman–Crippen MR) is 93.6 cm³/mol. The number of carboxylic acid groups (broad SMARTS) is 1. The highest BCUT2D eigenvalue weighted by Crippen LogP contribution is 2.59. The van der Waals surface area contributed by atoms with Gasteiger partial charge in [-0.25, -0.2) is 0 Å². The summed E-state index contributed by atoms with van der Waals surface area (Å²) in [6, 6.07) is 7.50. The molecule has 2 fully saturated rings. The zero-order valence-corrected chi connectivity index (χ0v) is 14.9. The molecule has 1 amide bonds. The molecule has 1 heterocycles. The number of aliphatic carboxylic acids is 1. The van der Waals surface area contributed by atoms with Crippen LogP contribution in [0.3, 0.4) is 0 Å². The van der Waals surface area contributed by atoms with Crippen molar-refractivity contribution in [2.75, 3.05) is 31.1 Å². The zero-order valence-electron chi connectivity index (χ0n) is 14.9. The largest absolute Gasteiger partial charge is 0.481 e. The van der Waals surface area contributed by atoms with Crippen LogP contribution in [0.5, 0.6) is 0 Å². The Balaban J connectivity index is 1.60. The summed E-state index contributed by atoms with van der Waals surface area (Å²) in [4.78, 5) is 39.3. The molecule has 134 valence electrons. The van der Waals surface area contributed by atoms with Crippen molar-refractivity contribution in [1.82, 2.24) is 4.90 Å². The van der Waals surface area contributed by atoms with E-state index in [1.165, 1.54) is 0 Å². The van der Waals surface area contributed by atoms with Gasteiger partial charge in [0.1, 0.15) is 0 Å². The van der Waals surface area contributed by atoms with Crippen LogP contribution < -0.4 is 4.90 Å². The number of carboxylic acids is 1. The first-order valence-corrected chi connectivity index (χ1v) is 8.61. The summed E-state index contributed by atoms with van der Waals surface area (Å²) in [6.45, 7) is 7.83. The van der Waals surface area contributed by atoms with E-state index in [0.29, 0.717) is 31.7 Å². The third-order valence-electron chi connectivity index (χ3n) is 5.59. The molecule has 6 nitrogen and oxygen atoms in total. The number of piperazine rings is 1. The standard InChI is InChI=1S/C19H24N2O4/c1-12(22)13-4-6-14(7-5-13)20-8-10-21(11-9-20)17(23)15-16(18(24)25)19(15,2)3/h4-7,15-16H,8-11H2,1-3H3,(H,24,25)/t15-,16-/m1/s1. The molecular formula is C19H24N2O4. The molecule has 0 unspecified atom stereocenters. The van der Waals surface area contributed by atoms with E-state index >= 15 is 0 Å². The number of carbonyl (C=O) groups is 3. The molecular weight excluding hydrogens is 320 g/mol. The van der Waals surface area contributed by atoms with Crippen molar-refractivity contribution < 1.29 is 19.5 Å². The topological polar surface area (TPSA) is 77.9 Å². The maximum atomic E-state index is 12.7. The molecule has 1 aromatic rings. The van der Waals surface area contributed by atoms with Crippen LogP contribution in [0.25, 0.3) is 0 Å². The fourth-order valence-electron chi connectivity index (χ4n) is 3.85. The number of benzene rings is 1. The van der Waals surface area contributed by atoms with Crippen LogP contribution in [0.2, 0.25) is 0 Å². The van der Waals surface area contributed by atoms with Crippen molar-refractivity contribution in [3.05, 3.63) is 29.8 Å². The molecule has 2 atom stereocenters. The average molecular weight is 344 g/mol. The summed E-state index contributed by atoms with van der Waals surface area (Å²) in [7, 11) is 0. The number of amides is 1. The number of anilines is 1. The summed E-state index contributed by atoms with van der Waals surface area (Å²) >= 11 is 0. The highest BCUT2D eigenvalue weighted by molar-refractivity contribution is 5.94. The first-order valence-electron chi connectivity index (χ1n) is 8.61. The monoisotopic (exact) mass is 344 g/mol. The second kappa shape index (κ2) is 6.17. The molecule has 0 aromatic heterocycles. The van der Waals surface area contributed by atoms with Gasteiger partial charge in [-0.2, -0.15) is 0 Å². The van der Waals surface area contributed by atoms with Crippen LogP contribution in [0.1, 0.15) is 31.1 Å². The summed E-state index contributed by atoms with van der Waals surface area (Å²) in [5.41, 5.74) is 1.27. The Labute approximate surface area is 147 Å². The lowest BCUT2D eigenvalue weighted by molar-refractivity contribution is -0.142. The van der Waals surface area contributed by atoms with Crippen LogP contribution in [0.4, 0.5) is 5.69 Å². The van der Waals surface area contributed by atoms with E-state index in [-0.39, 0.29) is 11.7 Å². The van der Waals surface area contributed by atoms with Gasteiger partial charge in [0, 0.05) is 37.4 Å². The lowest BCUT2D eigenvalue weighted by Crippen LogP contribution is -2.49. The summed E-state index contributed by atoms with van der Waals surface area (Å²) in [5, 5.41) is 9.26. The van der Waals surface area contributed by atoms with Gasteiger partial charge in [-0.05, 0) is 36.6 Å². The van der Waals surface area contributed by atoms with E-state index in [2.05, 4.69) is 4.90 Å². The predicted octanol–water partition coefficient (Wildman–Crippen LogP) is 1.89. The third-order valence-corrected chi connectivity index (χ3v) is 5.59. The number of nitrogens with zero attached hydrogens (tertiary/aromatic N) is 2. The van der Waals surface area contributed by atoms with E-state index in [1.807, 2.05) is 38.1 Å². The SMILES string of the molecule is CC(=O)c1ccc(N2CCN(C(=O)[C@H]3[C@H](C(=O)O)C3(C)C)CC2)cc1. The van der Waals surface area contributed by atoms with Gasteiger partial charge in [0.25, 0.3) is 0 Å². The van der Waals surface area contributed by atoms with Gasteiger partial charge in [0.15, 0.2) is 5.78 Å². The molecule has 1 N–H and O–H groups in total. The molecule has 25 heavy (non-hydrogen) atoms. The van der Waals surface area contributed by atoms with Gasteiger partial charge in [0.05, 0.1) is 11.8 Å². The summed E-state index contributed by atoms with van der Waals surface area (Å²) in [5.74, 6) is -1.86. The third kappa shape index (κ3) is 3.13. The van der Waals surface area contributed by atoms with Gasteiger partial charge in [-0.1, -0.05) is 13.8 Å². The Bertz CT molecular complexity index is 703. The molecule has 1 aliphatic heterocycles. The average Bonchev–Trinajstić information content (AvgIpc) is 3.17. The molecule has 1 saturated heterocycles. The molecule has 1 aromatic carbocycles. The Morgan fingerprint density at radius 2 is 1.56 bits per heavy atom. The van der Waals surface area contributed by atoms with Crippen LogP contribution in [0, 0.1) is 17.3 Å². The number of Topliss-reactive ketones (excluding diaryl/α,β-unsaturated/α-hetero) is 1. The number of rotatable bonds is 4. The number of hydrogen-bond donors (Lipinski definition) is 1. The number of carbonyl (C=O) groups excluding carboxylic acids is 2. The van der Waals surface area contributed by atoms with E-state index in [1.54, 1.807) is 11.8 Å². The Morgan fingerprint density at radius 1 is 1.00 bits per heavy atom. The van der Waals surface area contributed by atoms with Gasteiger partial charge < -0.3 is 14.9 Å². The maximum absolute atomic E-state index is 12.7. The molecule has 0 bridgehead atoms. The molecule has 1 aliphatic carbocycles. The zero-order chi connectivity index (χ0) is 18.4. The lowest BCUT2D eigenvalue weighted by Gasteiger charge is -2.36. The van der Waals surface area contributed by atoms with Crippen molar-refractivity contribution in [2.24, 2.45) is 17.3 Å². The van der Waals surface area contributed by atoms with Gasteiger partial charge in [-0.15, -0.1) is 0 Å². The summed E-state index contributed by atoms with van der Waals surface area (Å²) in [6.07, 6.45) is 0. The second-order valence-corrected chi connectivity index (χ2v) is 7.53. The highest BCUT2D eigenvalue weighted by Gasteiger charge is 2.66. The molecule has 6 heteroatoms. The Kier molecular flexibility index (Phi) is 4.31. The lowest BCUT2D eigenvalue weighted by atomic mass is 10.1. The molecule has 0 radical (unpaired) electrons. The van der Waals surface area contributed by atoms with Crippen LogP contribution in [-0.4, -0.2) is 53.8 Å². The normalized spacial score (nSPS) is 24.8. The van der Waals surface area contributed by atoms with Gasteiger partial charge in [0.2, 0.25) is 5.91 Å². The minimum Gasteiger partial charge on any atom is -0.481 e. The molecule has 3 rings (SSSR count). The van der Waals surface area contributed by atoms with Crippen molar-refractivity contribution >= 4 is 23.3 Å². The van der Waals surface area contributed by atoms with Gasteiger partial charge >= 0.3 is 5.97 Å². The Morgan fingerprint density at radius 3 is 2.00 bits per heavy atom. The summed E-state index contributed by atoms with van der Waals surface area (Å²) < 4.78 is 0. The van der Waals surface area contributed by atoms with E-state index in [4.69, 9.17) is 0 Å². The van der Waals surface area contributed by atoms with E-state index in [9.17, 15) is 19.5 Å². The van der Waals surface area contributed by atoms with Crippen molar-refractivity contribution in [3.8, 4) is 0 Å². The van der Waals surface area contributed by atoms with Crippen molar-refractivity contribution in [2.45, 2.75) is 20.8 Å². The fourth-order valence-corrected chi connectivity index (χ4v) is 3.85. The minimum absolute atomic E-state index is 0.0380. The molecule has 2 aliphatic rings.